The first-order valence-electron chi connectivity index (χ1n) is 9.51. The molecule has 8 heteroatoms. The maximum Gasteiger partial charge on any atom is 0.223 e. The van der Waals surface area contributed by atoms with Crippen LogP contribution in [0.2, 0.25) is 5.02 Å². The van der Waals surface area contributed by atoms with Gasteiger partial charge < -0.3 is 19.6 Å². The van der Waals surface area contributed by atoms with Crippen LogP contribution < -0.4 is 0 Å². The lowest BCUT2D eigenvalue weighted by Crippen LogP contribution is -2.43. The number of H-pyrrole nitrogens is 1. The highest BCUT2D eigenvalue weighted by atomic mass is 35.5. The van der Waals surface area contributed by atoms with Gasteiger partial charge in [-0.15, -0.1) is 0 Å². The number of fused-ring (bicyclic) bond motifs is 1. The molecule has 0 aliphatic heterocycles. The van der Waals surface area contributed by atoms with Crippen LogP contribution in [0.15, 0.2) is 30.6 Å². The molecule has 0 saturated heterocycles. The average Bonchev–Trinajstić information content (AvgIpc) is 3.36. The molecule has 4 rings (SSSR count). The van der Waals surface area contributed by atoms with E-state index < -0.39 is 6.10 Å². The van der Waals surface area contributed by atoms with Gasteiger partial charge in [-0.05, 0) is 38.0 Å². The van der Waals surface area contributed by atoms with E-state index in [1.165, 1.54) is 0 Å². The summed E-state index contributed by atoms with van der Waals surface area (Å²) in [7, 11) is 1.78. The Kier molecular flexibility index (Phi) is 5.12. The van der Waals surface area contributed by atoms with Gasteiger partial charge >= 0.3 is 0 Å². The van der Waals surface area contributed by atoms with Crippen LogP contribution in [-0.2, 0) is 11.2 Å². The number of hydrogen-bond donors (Lipinski definition) is 2. The molecule has 2 aromatic heterocycles. The quantitative estimate of drug-likeness (QED) is 0.688. The molecule has 148 valence electrons. The topological polar surface area (TPSA) is 87.0 Å². The molecule has 0 radical (unpaired) electrons. The third kappa shape index (κ3) is 3.52. The molecular formula is C20H24ClN5O2. The molecule has 1 aromatic carbocycles. The Morgan fingerprint density at radius 1 is 1.43 bits per heavy atom. The number of carbonyl (C=O) groups is 1. The van der Waals surface area contributed by atoms with E-state index in [1.807, 2.05) is 29.8 Å². The minimum Gasteiger partial charge on any atom is -0.389 e. The molecule has 1 aliphatic carbocycles. The van der Waals surface area contributed by atoms with Crippen LogP contribution in [-0.4, -0.2) is 54.6 Å². The molecule has 0 spiro atoms. The fraction of sp³-hybridized carbons (Fsp3) is 0.450. The molecule has 3 atom stereocenters. The fourth-order valence-corrected chi connectivity index (χ4v) is 4.32. The summed E-state index contributed by atoms with van der Waals surface area (Å²) in [5, 5.41) is 11.4. The van der Waals surface area contributed by atoms with Crippen molar-refractivity contribution in [1.29, 1.82) is 0 Å². The molecule has 7 nitrogen and oxygen atoms in total. The predicted molar refractivity (Wildman–Crippen MR) is 107 cm³/mol. The van der Waals surface area contributed by atoms with Crippen LogP contribution in [0.3, 0.4) is 0 Å². The molecule has 2 heterocycles. The molecule has 28 heavy (non-hydrogen) atoms. The number of rotatable bonds is 5. The first-order chi connectivity index (χ1) is 13.4. The minimum atomic E-state index is -0.602. The van der Waals surface area contributed by atoms with Crippen LogP contribution >= 0.6 is 11.6 Å². The van der Waals surface area contributed by atoms with Crippen LogP contribution in [0.25, 0.3) is 11.0 Å². The number of aliphatic hydroxyl groups excluding tert-OH is 1. The molecule has 1 aliphatic rings. The van der Waals surface area contributed by atoms with E-state index in [0.717, 1.165) is 35.5 Å². The number of imidazole rings is 2. The lowest BCUT2D eigenvalue weighted by Gasteiger charge is -2.29. The highest BCUT2D eigenvalue weighted by molar-refractivity contribution is 6.31. The number of aromatic nitrogens is 4. The third-order valence-electron chi connectivity index (χ3n) is 5.73. The number of aryl methyl sites for hydroxylation is 2. The molecule has 0 unspecified atom stereocenters. The number of likely N-dealkylation sites (N-methyl/N-ethyl adjacent to an activating group) is 1. The first kappa shape index (κ1) is 19.0. The lowest BCUT2D eigenvalue weighted by atomic mass is 10.1. The summed E-state index contributed by atoms with van der Waals surface area (Å²) in [6.45, 7) is 1.93. The second-order valence-electron chi connectivity index (χ2n) is 7.43. The Bertz CT molecular complexity index is 998. The maximum absolute atomic E-state index is 12.7. The van der Waals surface area contributed by atoms with Crippen molar-refractivity contribution in [1.82, 2.24) is 24.4 Å². The van der Waals surface area contributed by atoms with Crippen molar-refractivity contribution in [2.75, 3.05) is 7.05 Å². The van der Waals surface area contributed by atoms with Crippen LogP contribution in [0.4, 0.5) is 0 Å². The first-order valence-corrected chi connectivity index (χ1v) is 9.89. The number of aliphatic hydroxyl groups is 1. The third-order valence-corrected chi connectivity index (χ3v) is 5.96. The number of carbonyl (C=O) groups excluding carboxylic acids is 1. The molecule has 2 N–H and O–H groups in total. The number of nitrogens with one attached hydrogen (secondary N) is 1. The maximum atomic E-state index is 12.7. The van der Waals surface area contributed by atoms with Crippen LogP contribution in [0, 0.1) is 6.92 Å². The number of nitrogens with zero attached hydrogens (tertiary/aromatic N) is 4. The number of aromatic amines is 1. The Morgan fingerprint density at radius 3 is 3.00 bits per heavy atom. The Labute approximate surface area is 168 Å². The minimum absolute atomic E-state index is 0.00513. The van der Waals surface area contributed by atoms with E-state index in [9.17, 15) is 9.90 Å². The Hall–Kier alpha value is -2.38. The number of benzene rings is 1. The van der Waals surface area contributed by atoms with Gasteiger partial charge in [0.05, 0.1) is 29.2 Å². The summed E-state index contributed by atoms with van der Waals surface area (Å²) >= 11 is 6.00. The van der Waals surface area contributed by atoms with Gasteiger partial charge in [-0.2, -0.15) is 0 Å². The molecule has 3 aromatic rings. The predicted octanol–water partition coefficient (Wildman–Crippen LogP) is 2.88. The van der Waals surface area contributed by atoms with E-state index in [-0.39, 0.29) is 18.0 Å². The summed E-state index contributed by atoms with van der Waals surface area (Å²) in [6, 6.07) is 5.26. The van der Waals surface area contributed by atoms with Crippen molar-refractivity contribution < 1.29 is 9.90 Å². The molecule has 0 bridgehead atoms. The van der Waals surface area contributed by atoms with E-state index in [0.29, 0.717) is 17.9 Å². The normalized spacial score (nSPS) is 22.1. The summed E-state index contributed by atoms with van der Waals surface area (Å²) in [4.78, 5) is 26.4. The second kappa shape index (κ2) is 7.56. The van der Waals surface area contributed by atoms with Gasteiger partial charge in [0, 0.05) is 37.3 Å². The summed E-state index contributed by atoms with van der Waals surface area (Å²) in [5.41, 5.74) is 1.71. The molecular weight excluding hydrogens is 378 g/mol. The zero-order chi connectivity index (χ0) is 19.8. The van der Waals surface area contributed by atoms with Gasteiger partial charge in [-0.1, -0.05) is 11.6 Å². The summed E-state index contributed by atoms with van der Waals surface area (Å²) < 4.78 is 2.00. The highest BCUT2D eigenvalue weighted by Gasteiger charge is 2.39. The smallest absolute Gasteiger partial charge is 0.223 e. The van der Waals surface area contributed by atoms with Crippen molar-refractivity contribution in [2.24, 2.45) is 0 Å². The Morgan fingerprint density at radius 2 is 2.25 bits per heavy atom. The van der Waals surface area contributed by atoms with Crippen LogP contribution in [0.1, 0.15) is 37.0 Å². The number of halogens is 1. The summed E-state index contributed by atoms with van der Waals surface area (Å²) in [6.07, 6.45) is 5.48. The molecule has 1 saturated carbocycles. The monoisotopic (exact) mass is 401 g/mol. The van der Waals surface area contributed by atoms with Gasteiger partial charge in [0.2, 0.25) is 5.91 Å². The zero-order valence-electron chi connectivity index (χ0n) is 16.0. The highest BCUT2D eigenvalue weighted by Crippen LogP contribution is 2.34. The van der Waals surface area contributed by atoms with Gasteiger partial charge in [0.25, 0.3) is 0 Å². The Balaban J connectivity index is 1.38. The summed E-state index contributed by atoms with van der Waals surface area (Å²) in [5.74, 6) is 1.65. The van der Waals surface area contributed by atoms with Gasteiger partial charge in [-0.25, -0.2) is 9.97 Å². The number of amides is 1. The van der Waals surface area contributed by atoms with Gasteiger partial charge in [-0.3, -0.25) is 4.79 Å². The zero-order valence-corrected chi connectivity index (χ0v) is 16.7. The van der Waals surface area contributed by atoms with E-state index in [2.05, 4.69) is 15.0 Å². The van der Waals surface area contributed by atoms with E-state index in [4.69, 9.17) is 11.6 Å². The molecule has 1 fully saturated rings. The largest absolute Gasteiger partial charge is 0.389 e. The van der Waals surface area contributed by atoms with Gasteiger partial charge in [0.1, 0.15) is 11.6 Å². The van der Waals surface area contributed by atoms with Crippen molar-refractivity contribution in [3.05, 3.63) is 47.3 Å². The van der Waals surface area contributed by atoms with Gasteiger partial charge in [0.15, 0.2) is 0 Å². The van der Waals surface area contributed by atoms with E-state index in [1.54, 1.807) is 24.2 Å². The van der Waals surface area contributed by atoms with Crippen LogP contribution in [0.5, 0.6) is 0 Å². The SMILES string of the molecule is Cc1nccn1[C@@H]1CC[C@@H](N(C)C(=O)CCc2nc3ccc(Cl)cc3[nH]2)[C@H]1O. The fourth-order valence-electron chi connectivity index (χ4n) is 4.14. The van der Waals surface area contributed by atoms with Crippen molar-refractivity contribution >= 4 is 28.5 Å². The standard InChI is InChI=1S/C20H24ClN5O2/c1-12-22-9-10-26(12)17-6-5-16(20(17)28)25(2)19(27)8-7-18-23-14-4-3-13(21)11-15(14)24-18/h3-4,9-11,16-17,20,28H,5-8H2,1-2H3,(H,23,24)/t16-,17-,20-/m1/s1. The second-order valence-corrected chi connectivity index (χ2v) is 7.87. The average molecular weight is 402 g/mol. The van der Waals surface area contributed by atoms with Crippen molar-refractivity contribution in [3.8, 4) is 0 Å². The van der Waals surface area contributed by atoms with Crippen molar-refractivity contribution in [3.63, 3.8) is 0 Å². The number of hydrogen-bond acceptors (Lipinski definition) is 4. The van der Waals surface area contributed by atoms with Crippen molar-refractivity contribution in [2.45, 2.75) is 50.8 Å². The van der Waals surface area contributed by atoms with E-state index >= 15 is 0 Å². The molecule has 1 amide bonds. The lowest BCUT2D eigenvalue weighted by molar-refractivity contribution is -0.133.